The second-order valence-corrected chi connectivity index (χ2v) is 5.20. The minimum atomic E-state index is -4.57. The molecule has 0 saturated carbocycles. The molecule has 2 amide bonds. The van der Waals surface area contributed by atoms with Crippen LogP contribution in [0.5, 0.6) is 0 Å². The Bertz CT molecular complexity index is 639. The molecule has 0 aliphatic rings. The summed E-state index contributed by atoms with van der Waals surface area (Å²) in [6.07, 6.45) is -4.57. The summed E-state index contributed by atoms with van der Waals surface area (Å²) < 4.78 is 39.6. The molecule has 0 spiro atoms. The van der Waals surface area contributed by atoms with E-state index in [0.29, 0.717) is 0 Å². The van der Waals surface area contributed by atoms with Gasteiger partial charge in [0.1, 0.15) is 0 Å². The van der Waals surface area contributed by atoms with Crippen molar-refractivity contribution in [3.63, 3.8) is 0 Å². The maximum Gasteiger partial charge on any atom is 0.412 e. The van der Waals surface area contributed by atoms with E-state index in [1.165, 1.54) is 12.1 Å². The quantitative estimate of drug-likeness (QED) is 0.874. The maximum absolute atomic E-state index is 13.2. The van der Waals surface area contributed by atoms with Crippen LogP contribution in [0.2, 0.25) is 0 Å². The fourth-order valence-electron chi connectivity index (χ4n) is 2.07. The number of carbonyl (C=O) groups excluding carboxylic acids is 1. The van der Waals surface area contributed by atoms with Gasteiger partial charge < -0.3 is 10.6 Å². The second-order valence-electron chi connectivity index (χ2n) is 5.20. The molecule has 6 heteroatoms. The summed E-state index contributed by atoms with van der Waals surface area (Å²) >= 11 is 0. The van der Waals surface area contributed by atoms with Crippen molar-refractivity contribution in [3.8, 4) is 0 Å². The number of benzene rings is 2. The van der Waals surface area contributed by atoms with Gasteiger partial charge in [-0.05, 0) is 18.1 Å². The highest BCUT2D eigenvalue weighted by molar-refractivity contribution is 5.74. The van der Waals surface area contributed by atoms with Crippen molar-refractivity contribution >= 4 is 6.03 Å². The zero-order valence-corrected chi connectivity index (χ0v) is 12.5. The molecule has 0 aliphatic heterocycles. The molecule has 0 saturated heterocycles. The third-order valence-corrected chi connectivity index (χ3v) is 3.31. The van der Waals surface area contributed by atoms with Crippen LogP contribution >= 0.6 is 0 Å². The van der Waals surface area contributed by atoms with Crippen LogP contribution in [-0.2, 0) is 6.54 Å². The van der Waals surface area contributed by atoms with Gasteiger partial charge in [-0.15, -0.1) is 0 Å². The Morgan fingerprint density at radius 2 is 1.65 bits per heavy atom. The lowest BCUT2D eigenvalue weighted by Crippen LogP contribution is -2.43. The van der Waals surface area contributed by atoms with Crippen LogP contribution in [0.4, 0.5) is 18.0 Å². The normalized spacial score (nSPS) is 12.5. The van der Waals surface area contributed by atoms with E-state index >= 15 is 0 Å². The molecule has 0 unspecified atom stereocenters. The SMILES string of the molecule is Cc1ccc([C@@H](NC(=O)NCc2ccccc2)C(F)(F)F)cc1. The van der Waals surface area contributed by atoms with Crippen molar-refractivity contribution in [2.45, 2.75) is 25.7 Å². The van der Waals surface area contributed by atoms with E-state index in [-0.39, 0.29) is 12.1 Å². The molecule has 2 N–H and O–H groups in total. The van der Waals surface area contributed by atoms with Gasteiger partial charge in [0.2, 0.25) is 0 Å². The fourth-order valence-corrected chi connectivity index (χ4v) is 2.07. The number of amides is 2. The molecule has 2 aromatic rings. The summed E-state index contributed by atoms with van der Waals surface area (Å²) in [4.78, 5) is 11.8. The average molecular weight is 322 g/mol. The van der Waals surface area contributed by atoms with Crippen molar-refractivity contribution in [2.75, 3.05) is 0 Å². The number of rotatable bonds is 4. The highest BCUT2D eigenvalue weighted by Crippen LogP contribution is 2.32. The van der Waals surface area contributed by atoms with Gasteiger partial charge in [0.15, 0.2) is 6.04 Å². The number of hydrogen-bond acceptors (Lipinski definition) is 1. The van der Waals surface area contributed by atoms with E-state index in [2.05, 4.69) is 5.32 Å². The van der Waals surface area contributed by atoms with Gasteiger partial charge in [-0.2, -0.15) is 13.2 Å². The first-order valence-corrected chi connectivity index (χ1v) is 7.08. The Labute approximate surface area is 132 Å². The monoisotopic (exact) mass is 322 g/mol. The first-order chi connectivity index (χ1) is 10.9. The molecule has 0 bridgehead atoms. The highest BCUT2D eigenvalue weighted by atomic mass is 19.4. The number of nitrogens with one attached hydrogen (secondary N) is 2. The molecule has 0 aliphatic carbocycles. The first kappa shape index (κ1) is 16.9. The van der Waals surface area contributed by atoms with Crippen molar-refractivity contribution < 1.29 is 18.0 Å². The van der Waals surface area contributed by atoms with Crippen LogP contribution in [0.15, 0.2) is 54.6 Å². The van der Waals surface area contributed by atoms with Crippen LogP contribution in [-0.4, -0.2) is 12.2 Å². The van der Waals surface area contributed by atoms with Crippen molar-refractivity contribution in [1.82, 2.24) is 10.6 Å². The Balaban J connectivity index is 2.03. The van der Waals surface area contributed by atoms with Crippen LogP contribution in [0, 0.1) is 6.92 Å². The van der Waals surface area contributed by atoms with Crippen LogP contribution in [0.1, 0.15) is 22.7 Å². The summed E-state index contributed by atoms with van der Waals surface area (Å²) in [7, 11) is 0. The Kier molecular flexibility index (Phi) is 5.26. The first-order valence-electron chi connectivity index (χ1n) is 7.08. The molecule has 2 aromatic carbocycles. The average Bonchev–Trinajstić information content (AvgIpc) is 2.52. The van der Waals surface area contributed by atoms with Crippen LogP contribution in [0.25, 0.3) is 0 Å². The second kappa shape index (κ2) is 7.17. The van der Waals surface area contributed by atoms with Gasteiger partial charge in [0.25, 0.3) is 0 Å². The van der Waals surface area contributed by atoms with Gasteiger partial charge in [0.05, 0.1) is 0 Å². The molecule has 0 aromatic heterocycles. The molecule has 0 radical (unpaired) electrons. The van der Waals surface area contributed by atoms with E-state index in [9.17, 15) is 18.0 Å². The highest BCUT2D eigenvalue weighted by Gasteiger charge is 2.41. The number of aryl methyl sites for hydroxylation is 1. The Hall–Kier alpha value is -2.50. The van der Waals surface area contributed by atoms with Crippen molar-refractivity contribution in [1.29, 1.82) is 0 Å². The van der Waals surface area contributed by atoms with Gasteiger partial charge in [-0.3, -0.25) is 0 Å². The molecule has 23 heavy (non-hydrogen) atoms. The predicted molar refractivity (Wildman–Crippen MR) is 81.8 cm³/mol. The van der Waals surface area contributed by atoms with Crippen LogP contribution in [0.3, 0.4) is 0 Å². The zero-order valence-electron chi connectivity index (χ0n) is 12.5. The lowest BCUT2D eigenvalue weighted by atomic mass is 10.0. The van der Waals surface area contributed by atoms with E-state index < -0.39 is 18.2 Å². The van der Waals surface area contributed by atoms with E-state index in [4.69, 9.17) is 0 Å². The standard InChI is InChI=1S/C17H17F3N2O/c1-12-7-9-14(10-8-12)15(17(18,19)20)22-16(23)21-11-13-5-3-2-4-6-13/h2-10,15H,11H2,1H3,(H2,21,22,23)/t15-/m1/s1. The number of halogens is 3. The summed E-state index contributed by atoms with van der Waals surface area (Å²) in [5.74, 6) is 0. The van der Waals surface area contributed by atoms with E-state index in [0.717, 1.165) is 11.1 Å². The molecule has 2 rings (SSSR count). The van der Waals surface area contributed by atoms with Gasteiger partial charge >= 0.3 is 12.2 Å². The van der Waals surface area contributed by atoms with Crippen molar-refractivity contribution in [3.05, 3.63) is 71.3 Å². The summed E-state index contributed by atoms with van der Waals surface area (Å²) in [6.45, 7) is 1.94. The molecular weight excluding hydrogens is 305 g/mol. The van der Waals surface area contributed by atoms with E-state index in [1.54, 1.807) is 43.3 Å². The number of alkyl halides is 3. The summed E-state index contributed by atoms with van der Waals surface area (Å²) in [6, 6.07) is 11.9. The molecule has 0 heterocycles. The number of carbonyl (C=O) groups is 1. The van der Waals surface area contributed by atoms with Gasteiger partial charge in [0, 0.05) is 6.54 Å². The summed E-state index contributed by atoms with van der Waals surface area (Å²) in [5, 5.41) is 4.42. The molecule has 0 fully saturated rings. The third-order valence-electron chi connectivity index (χ3n) is 3.31. The lowest BCUT2D eigenvalue weighted by Gasteiger charge is -2.22. The van der Waals surface area contributed by atoms with Gasteiger partial charge in [-0.25, -0.2) is 4.79 Å². The Morgan fingerprint density at radius 1 is 1.04 bits per heavy atom. The van der Waals surface area contributed by atoms with E-state index in [1.807, 2.05) is 11.4 Å². The largest absolute Gasteiger partial charge is 0.412 e. The summed E-state index contributed by atoms with van der Waals surface area (Å²) in [5.41, 5.74) is 1.66. The minimum Gasteiger partial charge on any atom is -0.334 e. The predicted octanol–water partition coefficient (Wildman–Crippen LogP) is 4.10. The smallest absolute Gasteiger partial charge is 0.334 e. The number of hydrogen-bond donors (Lipinski definition) is 2. The molecule has 3 nitrogen and oxygen atoms in total. The van der Waals surface area contributed by atoms with Crippen molar-refractivity contribution in [2.24, 2.45) is 0 Å². The topological polar surface area (TPSA) is 41.1 Å². The fraction of sp³-hybridized carbons (Fsp3) is 0.235. The maximum atomic E-state index is 13.2. The molecular formula is C17H17F3N2O. The molecule has 1 atom stereocenters. The lowest BCUT2D eigenvalue weighted by molar-refractivity contribution is -0.154. The zero-order chi connectivity index (χ0) is 16.9. The molecule has 122 valence electrons. The number of urea groups is 1. The van der Waals surface area contributed by atoms with Crippen LogP contribution < -0.4 is 10.6 Å². The van der Waals surface area contributed by atoms with Gasteiger partial charge in [-0.1, -0.05) is 60.2 Å². The Morgan fingerprint density at radius 3 is 2.22 bits per heavy atom. The minimum absolute atomic E-state index is 0.00189. The third kappa shape index (κ3) is 5.02.